The molecular weight excluding hydrogens is 444 g/mol. The Balaban J connectivity index is 1.62. The Labute approximate surface area is 206 Å². The van der Waals surface area contributed by atoms with E-state index in [9.17, 15) is 9.59 Å². The second kappa shape index (κ2) is 11.4. The van der Waals surface area contributed by atoms with Crippen LogP contribution >= 0.6 is 0 Å². The third kappa shape index (κ3) is 6.99. The van der Waals surface area contributed by atoms with Gasteiger partial charge in [0.15, 0.2) is 0 Å². The predicted molar refractivity (Wildman–Crippen MR) is 138 cm³/mol. The van der Waals surface area contributed by atoms with Crippen LogP contribution in [0.2, 0.25) is 0 Å². The molecule has 0 saturated carbocycles. The van der Waals surface area contributed by atoms with E-state index in [1.807, 2.05) is 30.3 Å². The Bertz CT molecular complexity index is 1150. The van der Waals surface area contributed by atoms with Crippen LogP contribution in [-0.2, 0) is 10.2 Å². The van der Waals surface area contributed by atoms with Crippen LogP contribution in [0.25, 0.3) is 0 Å². The highest BCUT2D eigenvalue weighted by Crippen LogP contribution is 2.36. The van der Waals surface area contributed by atoms with E-state index in [0.29, 0.717) is 34.2 Å². The molecule has 0 unspecified atom stereocenters. The monoisotopic (exact) mass is 476 g/mol. The first-order chi connectivity index (χ1) is 16.7. The Hall–Kier alpha value is -4.00. The SMILES string of the molecule is COc1cc(NC(=O)c2ccccc2)c(OC)cc1NC(=O)CCOc1ccc(C(C)(C)C)cc1. The van der Waals surface area contributed by atoms with Crippen molar-refractivity contribution in [2.75, 3.05) is 31.5 Å². The lowest BCUT2D eigenvalue weighted by molar-refractivity contribution is -0.116. The van der Waals surface area contributed by atoms with Gasteiger partial charge in [-0.25, -0.2) is 0 Å². The maximum Gasteiger partial charge on any atom is 0.255 e. The number of amides is 2. The molecule has 7 heteroatoms. The van der Waals surface area contributed by atoms with Crippen LogP contribution < -0.4 is 24.8 Å². The van der Waals surface area contributed by atoms with Gasteiger partial charge >= 0.3 is 0 Å². The summed E-state index contributed by atoms with van der Waals surface area (Å²) in [5.41, 5.74) is 2.66. The number of anilines is 2. The molecule has 2 N–H and O–H groups in total. The molecule has 0 spiro atoms. The third-order valence-electron chi connectivity index (χ3n) is 5.40. The first kappa shape index (κ1) is 25.6. The average Bonchev–Trinajstić information content (AvgIpc) is 2.84. The summed E-state index contributed by atoms with van der Waals surface area (Å²) in [6, 6.07) is 20.0. The molecule has 3 aromatic carbocycles. The standard InChI is InChI=1S/C28H32N2O5/c1-28(2,3)20-11-13-21(14-12-20)35-16-15-26(31)29-22-17-25(34-5)23(18-24(22)33-4)30-27(32)19-9-7-6-8-10-19/h6-14,17-18H,15-16H2,1-5H3,(H,29,31)(H,30,32). The topological polar surface area (TPSA) is 85.9 Å². The number of carbonyl (C=O) groups excluding carboxylic acids is 2. The summed E-state index contributed by atoms with van der Waals surface area (Å²) in [5, 5.41) is 5.65. The molecule has 3 rings (SSSR count). The first-order valence-corrected chi connectivity index (χ1v) is 11.4. The molecule has 0 aliphatic heterocycles. The van der Waals surface area contributed by atoms with E-state index in [0.717, 1.165) is 0 Å². The molecule has 0 fully saturated rings. The van der Waals surface area contributed by atoms with Crippen molar-refractivity contribution in [3.8, 4) is 17.2 Å². The summed E-state index contributed by atoms with van der Waals surface area (Å²) in [6.07, 6.45) is 0.152. The minimum absolute atomic E-state index is 0.0679. The van der Waals surface area contributed by atoms with Crippen molar-refractivity contribution in [2.45, 2.75) is 32.6 Å². The van der Waals surface area contributed by atoms with Crippen LogP contribution in [0, 0.1) is 0 Å². The number of ether oxygens (including phenoxy) is 3. The van der Waals surface area contributed by atoms with E-state index < -0.39 is 0 Å². The number of benzene rings is 3. The number of nitrogens with one attached hydrogen (secondary N) is 2. The molecule has 0 aliphatic carbocycles. The zero-order valence-corrected chi connectivity index (χ0v) is 20.8. The van der Waals surface area contributed by atoms with Gasteiger partial charge in [-0.3, -0.25) is 9.59 Å². The van der Waals surface area contributed by atoms with Gasteiger partial charge in [0.2, 0.25) is 5.91 Å². The quantitative estimate of drug-likeness (QED) is 0.416. The van der Waals surface area contributed by atoms with Gasteiger partial charge in [-0.15, -0.1) is 0 Å². The van der Waals surface area contributed by atoms with E-state index >= 15 is 0 Å². The van der Waals surface area contributed by atoms with Gasteiger partial charge in [0.1, 0.15) is 17.2 Å². The zero-order valence-electron chi connectivity index (χ0n) is 20.8. The van der Waals surface area contributed by atoms with Crippen molar-refractivity contribution in [2.24, 2.45) is 0 Å². The van der Waals surface area contributed by atoms with Crippen LogP contribution in [0.5, 0.6) is 17.2 Å². The molecule has 0 aliphatic rings. The maximum absolute atomic E-state index is 12.6. The number of carbonyl (C=O) groups is 2. The first-order valence-electron chi connectivity index (χ1n) is 11.4. The summed E-state index contributed by atoms with van der Waals surface area (Å²) < 4.78 is 16.6. The van der Waals surface area contributed by atoms with Gasteiger partial charge in [0, 0.05) is 17.7 Å². The number of methoxy groups -OCH3 is 2. The van der Waals surface area contributed by atoms with E-state index in [-0.39, 0.29) is 30.3 Å². The average molecular weight is 477 g/mol. The second-order valence-corrected chi connectivity index (χ2v) is 8.99. The van der Waals surface area contributed by atoms with E-state index in [1.54, 1.807) is 36.4 Å². The maximum atomic E-state index is 12.6. The molecule has 2 amide bonds. The van der Waals surface area contributed by atoms with Gasteiger partial charge in [0.05, 0.1) is 38.6 Å². The van der Waals surface area contributed by atoms with Crippen LogP contribution in [0.1, 0.15) is 43.1 Å². The predicted octanol–water partition coefficient (Wildman–Crippen LogP) is 5.66. The van der Waals surface area contributed by atoms with Crippen LogP contribution in [-0.4, -0.2) is 32.6 Å². The second-order valence-electron chi connectivity index (χ2n) is 8.99. The lowest BCUT2D eigenvalue weighted by Gasteiger charge is -2.19. The van der Waals surface area contributed by atoms with Crippen molar-refractivity contribution < 1.29 is 23.8 Å². The Kier molecular flexibility index (Phi) is 8.36. The fourth-order valence-corrected chi connectivity index (χ4v) is 3.40. The third-order valence-corrected chi connectivity index (χ3v) is 5.40. The lowest BCUT2D eigenvalue weighted by atomic mass is 9.87. The molecule has 0 aromatic heterocycles. The van der Waals surface area contributed by atoms with Gasteiger partial charge in [0.25, 0.3) is 5.91 Å². The van der Waals surface area contributed by atoms with Gasteiger partial charge in [-0.2, -0.15) is 0 Å². The van der Waals surface area contributed by atoms with Crippen molar-refractivity contribution in [3.63, 3.8) is 0 Å². The summed E-state index contributed by atoms with van der Waals surface area (Å²) in [7, 11) is 2.98. The van der Waals surface area contributed by atoms with Crippen LogP contribution in [0.15, 0.2) is 66.7 Å². The molecule has 0 radical (unpaired) electrons. The largest absolute Gasteiger partial charge is 0.494 e. The summed E-state index contributed by atoms with van der Waals surface area (Å²) in [6.45, 7) is 6.69. The summed E-state index contributed by atoms with van der Waals surface area (Å²) >= 11 is 0. The van der Waals surface area contributed by atoms with E-state index in [4.69, 9.17) is 14.2 Å². The van der Waals surface area contributed by atoms with Crippen LogP contribution in [0.3, 0.4) is 0 Å². The molecular formula is C28H32N2O5. The fraction of sp³-hybridized carbons (Fsp3) is 0.286. The minimum Gasteiger partial charge on any atom is -0.494 e. The zero-order chi connectivity index (χ0) is 25.4. The van der Waals surface area contributed by atoms with Crippen molar-refractivity contribution in [1.82, 2.24) is 0 Å². The highest BCUT2D eigenvalue weighted by molar-refractivity contribution is 6.05. The van der Waals surface area contributed by atoms with Crippen molar-refractivity contribution in [1.29, 1.82) is 0 Å². The van der Waals surface area contributed by atoms with Crippen LogP contribution in [0.4, 0.5) is 11.4 Å². The number of hydrogen-bond donors (Lipinski definition) is 2. The Morgan fingerprint density at radius 1 is 0.800 bits per heavy atom. The number of hydrogen-bond acceptors (Lipinski definition) is 5. The minimum atomic E-state index is -0.282. The Morgan fingerprint density at radius 3 is 1.91 bits per heavy atom. The normalized spacial score (nSPS) is 10.9. The fourth-order valence-electron chi connectivity index (χ4n) is 3.40. The summed E-state index contributed by atoms with van der Waals surface area (Å²) in [5.74, 6) is 0.971. The highest BCUT2D eigenvalue weighted by atomic mass is 16.5. The molecule has 0 heterocycles. The molecule has 0 atom stereocenters. The van der Waals surface area contributed by atoms with Gasteiger partial charge < -0.3 is 24.8 Å². The van der Waals surface area contributed by atoms with Crippen molar-refractivity contribution >= 4 is 23.2 Å². The van der Waals surface area contributed by atoms with Gasteiger partial charge in [-0.1, -0.05) is 51.1 Å². The highest BCUT2D eigenvalue weighted by Gasteiger charge is 2.17. The molecule has 7 nitrogen and oxygen atoms in total. The molecule has 184 valence electrons. The molecule has 35 heavy (non-hydrogen) atoms. The van der Waals surface area contributed by atoms with Gasteiger partial charge in [-0.05, 0) is 35.2 Å². The summed E-state index contributed by atoms with van der Waals surface area (Å²) in [4.78, 5) is 25.1. The lowest BCUT2D eigenvalue weighted by Crippen LogP contribution is -2.17. The smallest absolute Gasteiger partial charge is 0.255 e. The van der Waals surface area contributed by atoms with E-state index in [1.165, 1.54) is 19.8 Å². The van der Waals surface area contributed by atoms with Crippen molar-refractivity contribution in [3.05, 3.63) is 77.9 Å². The molecule has 0 bridgehead atoms. The van der Waals surface area contributed by atoms with E-state index in [2.05, 4.69) is 31.4 Å². The molecule has 3 aromatic rings. The molecule has 0 saturated heterocycles. The number of rotatable bonds is 9. The Morgan fingerprint density at radius 2 is 1.37 bits per heavy atom.